The second kappa shape index (κ2) is 5.82. The second-order valence-corrected chi connectivity index (χ2v) is 3.96. The Hall–Kier alpha value is -1.13. The van der Waals surface area contributed by atoms with Crippen LogP contribution in [0.25, 0.3) is 0 Å². The van der Waals surface area contributed by atoms with Crippen LogP contribution in [0.5, 0.6) is 5.75 Å². The van der Waals surface area contributed by atoms with Gasteiger partial charge in [-0.1, -0.05) is 6.92 Å². The largest absolute Gasteiger partial charge is 0.493 e. The van der Waals surface area contributed by atoms with Gasteiger partial charge >= 0.3 is 0 Å². The third-order valence-electron chi connectivity index (χ3n) is 2.26. The molecule has 1 aromatic carbocycles. The Morgan fingerprint density at radius 3 is 2.62 bits per heavy atom. The van der Waals surface area contributed by atoms with E-state index in [1.807, 2.05) is 6.92 Å². The van der Waals surface area contributed by atoms with Crippen LogP contribution >= 0.6 is 0 Å². The first kappa shape index (κ1) is 12.9. The average molecular weight is 228 g/mol. The summed E-state index contributed by atoms with van der Waals surface area (Å²) in [5.74, 6) is -0.100. The minimum atomic E-state index is -0.708. The minimum Gasteiger partial charge on any atom is -0.493 e. The molecule has 0 aliphatic heterocycles. The van der Waals surface area contributed by atoms with Gasteiger partial charge in [0.1, 0.15) is 11.6 Å². The Kier molecular flexibility index (Phi) is 4.71. The van der Waals surface area contributed by atoms with E-state index in [2.05, 4.69) is 0 Å². The molecule has 16 heavy (non-hydrogen) atoms. The Labute approximate surface area is 94.5 Å². The molecule has 0 saturated heterocycles. The van der Waals surface area contributed by atoms with Crippen molar-refractivity contribution in [3.8, 4) is 5.75 Å². The van der Waals surface area contributed by atoms with Crippen molar-refractivity contribution in [3.05, 3.63) is 29.6 Å². The molecule has 3 nitrogen and oxygen atoms in total. The van der Waals surface area contributed by atoms with E-state index in [9.17, 15) is 9.50 Å². The van der Waals surface area contributed by atoms with Gasteiger partial charge in [0.25, 0.3) is 0 Å². The molecule has 1 unspecified atom stereocenters. The summed E-state index contributed by atoms with van der Waals surface area (Å²) in [5.41, 5.74) is 0.548. The van der Waals surface area contributed by atoms with Crippen molar-refractivity contribution in [1.82, 2.24) is 0 Å². The summed E-state index contributed by atoms with van der Waals surface area (Å²) in [7, 11) is 0. The van der Waals surface area contributed by atoms with Gasteiger partial charge in [-0.05, 0) is 19.1 Å². The first-order valence-electron chi connectivity index (χ1n) is 5.25. The van der Waals surface area contributed by atoms with E-state index in [4.69, 9.17) is 9.84 Å². The lowest BCUT2D eigenvalue weighted by Gasteiger charge is -2.15. The van der Waals surface area contributed by atoms with E-state index in [1.165, 1.54) is 18.2 Å². The fraction of sp³-hybridized carbons (Fsp3) is 0.500. The van der Waals surface area contributed by atoms with E-state index >= 15 is 0 Å². The maximum absolute atomic E-state index is 13.0. The van der Waals surface area contributed by atoms with Crippen molar-refractivity contribution >= 4 is 0 Å². The Morgan fingerprint density at radius 2 is 2.06 bits per heavy atom. The third kappa shape index (κ3) is 3.47. The number of halogens is 1. The zero-order valence-electron chi connectivity index (χ0n) is 9.48. The third-order valence-corrected chi connectivity index (χ3v) is 2.26. The van der Waals surface area contributed by atoms with Crippen LogP contribution in [0.4, 0.5) is 4.39 Å². The topological polar surface area (TPSA) is 49.7 Å². The average Bonchev–Trinajstić information content (AvgIpc) is 2.25. The first-order valence-corrected chi connectivity index (χ1v) is 5.25. The van der Waals surface area contributed by atoms with Gasteiger partial charge in [-0.15, -0.1) is 0 Å². The quantitative estimate of drug-likeness (QED) is 0.809. The highest BCUT2D eigenvalue weighted by Crippen LogP contribution is 2.26. The van der Waals surface area contributed by atoms with Gasteiger partial charge < -0.3 is 14.9 Å². The van der Waals surface area contributed by atoms with E-state index in [-0.39, 0.29) is 12.5 Å². The molecule has 90 valence electrons. The smallest absolute Gasteiger partial charge is 0.128 e. The van der Waals surface area contributed by atoms with Gasteiger partial charge in [-0.25, -0.2) is 4.39 Å². The number of ether oxygens (including phenoxy) is 1. The zero-order chi connectivity index (χ0) is 12.1. The minimum absolute atomic E-state index is 0.0132. The number of hydrogen-bond acceptors (Lipinski definition) is 3. The fourth-order valence-corrected chi connectivity index (χ4v) is 1.26. The van der Waals surface area contributed by atoms with Crippen LogP contribution in [-0.2, 0) is 0 Å². The molecule has 0 spiro atoms. The lowest BCUT2D eigenvalue weighted by atomic mass is 10.1. The molecule has 2 atom stereocenters. The SMILES string of the molecule is CC(CO)COc1cc(F)ccc1[C@H](C)O. The lowest BCUT2D eigenvalue weighted by Crippen LogP contribution is -2.13. The number of aliphatic hydroxyl groups excluding tert-OH is 2. The van der Waals surface area contributed by atoms with Crippen LogP contribution in [0.15, 0.2) is 18.2 Å². The summed E-state index contributed by atoms with van der Waals surface area (Å²) < 4.78 is 18.4. The molecular formula is C12H17FO3. The fourth-order valence-electron chi connectivity index (χ4n) is 1.26. The molecule has 0 radical (unpaired) electrons. The molecule has 0 aliphatic carbocycles. The highest BCUT2D eigenvalue weighted by molar-refractivity contribution is 5.35. The molecule has 4 heteroatoms. The molecule has 1 aromatic rings. The van der Waals surface area contributed by atoms with Crippen molar-refractivity contribution in [2.75, 3.05) is 13.2 Å². The number of hydrogen-bond donors (Lipinski definition) is 2. The molecule has 0 fully saturated rings. The van der Waals surface area contributed by atoms with E-state index < -0.39 is 11.9 Å². The molecule has 2 N–H and O–H groups in total. The highest BCUT2D eigenvalue weighted by Gasteiger charge is 2.11. The molecule has 1 rings (SSSR count). The van der Waals surface area contributed by atoms with Crippen LogP contribution < -0.4 is 4.74 Å². The van der Waals surface area contributed by atoms with Crippen LogP contribution in [0, 0.1) is 11.7 Å². The van der Waals surface area contributed by atoms with Gasteiger partial charge in [0.05, 0.1) is 12.7 Å². The maximum Gasteiger partial charge on any atom is 0.128 e. The number of benzene rings is 1. The predicted octanol–water partition coefficient (Wildman–Crippen LogP) is 1.89. The van der Waals surface area contributed by atoms with Crippen LogP contribution in [-0.4, -0.2) is 23.4 Å². The molecular weight excluding hydrogens is 211 g/mol. The molecule has 0 aliphatic rings. The Bertz CT molecular complexity index is 339. The predicted molar refractivity (Wildman–Crippen MR) is 58.8 cm³/mol. The zero-order valence-corrected chi connectivity index (χ0v) is 9.48. The molecule has 0 aromatic heterocycles. The summed E-state index contributed by atoms with van der Waals surface area (Å²) in [4.78, 5) is 0. The van der Waals surface area contributed by atoms with Gasteiger partial charge in [0.15, 0.2) is 0 Å². The molecule has 0 amide bonds. The maximum atomic E-state index is 13.0. The summed E-state index contributed by atoms with van der Waals surface area (Å²) in [6.45, 7) is 3.72. The van der Waals surface area contributed by atoms with Crippen molar-refractivity contribution in [3.63, 3.8) is 0 Å². The summed E-state index contributed by atoms with van der Waals surface area (Å²) >= 11 is 0. The normalized spacial score (nSPS) is 14.6. The van der Waals surface area contributed by atoms with Crippen molar-refractivity contribution in [1.29, 1.82) is 0 Å². The second-order valence-electron chi connectivity index (χ2n) is 3.96. The van der Waals surface area contributed by atoms with E-state index in [0.717, 1.165) is 0 Å². The van der Waals surface area contributed by atoms with Crippen LogP contribution in [0.3, 0.4) is 0 Å². The van der Waals surface area contributed by atoms with Crippen molar-refractivity contribution in [2.24, 2.45) is 5.92 Å². The molecule has 0 heterocycles. The van der Waals surface area contributed by atoms with Gasteiger partial charge in [0, 0.05) is 24.2 Å². The Balaban J connectivity index is 2.80. The summed E-state index contributed by atoms with van der Waals surface area (Å²) in [5, 5.41) is 18.3. The number of aliphatic hydroxyl groups is 2. The van der Waals surface area contributed by atoms with Crippen LogP contribution in [0.2, 0.25) is 0 Å². The Morgan fingerprint density at radius 1 is 1.38 bits per heavy atom. The van der Waals surface area contributed by atoms with Gasteiger partial charge in [-0.3, -0.25) is 0 Å². The van der Waals surface area contributed by atoms with E-state index in [0.29, 0.717) is 17.9 Å². The number of rotatable bonds is 5. The summed E-state index contributed by atoms with van der Waals surface area (Å²) in [6.07, 6.45) is -0.708. The highest BCUT2D eigenvalue weighted by atomic mass is 19.1. The molecule has 0 bridgehead atoms. The van der Waals surface area contributed by atoms with Crippen molar-refractivity contribution in [2.45, 2.75) is 20.0 Å². The van der Waals surface area contributed by atoms with Gasteiger partial charge in [-0.2, -0.15) is 0 Å². The summed E-state index contributed by atoms with van der Waals surface area (Å²) in [6, 6.07) is 4.02. The molecule has 0 saturated carbocycles. The standard InChI is InChI=1S/C12H17FO3/c1-8(6-14)7-16-12-5-10(13)3-4-11(12)9(2)15/h3-5,8-9,14-15H,6-7H2,1-2H3/t8?,9-/m0/s1. The van der Waals surface area contributed by atoms with Crippen molar-refractivity contribution < 1.29 is 19.3 Å². The lowest BCUT2D eigenvalue weighted by molar-refractivity contribution is 0.163. The first-order chi connectivity index (χ1) is 7.54. The van der Waals surface area contributed by atoms with Crippen LogP contribution in [0.1, 0.15) is 25.5 Å². The monoisotopic (exact) mass is 228 g/mol. The van der Waals surface area contributed by atoms with Gasteiger partial charge in [0.2, 0.25) is 0 Å². The van der Waals surface area contributed by atoms with E-state index in [1.54, 1.807) is 6.92 Å².